The summed E-state index contributed by atoms with van der Waals surface area (Å²) in [5, 5.41) is 14.4. The molecule has 2 unspecified atom stereocenters. The number of ether oxygens (including phenoxy) is 1. The van der Waals surface area contributed by atoms with Crippen LogP contribution in [0.25, 0.3) is 0 Å². The SMILES string of the molecule is CC(NC(=O)N[C@H](Cc1cnc[nH]1)C(=O)O)C1CCOC1. The van der Waals surface area contributed by atoms with Crippen molar-refractivity contribution < 1.29 is 19.4 Å². The lowest BCUT2D eigenvalue weighted by molar-refractivity contribution is -0.139. The predicted molar refractivity (Wildman–Crippen MR) is 73.8 cm³/mol. The van der Waals surface area contributed by atoms with E-state index in [4.69, 9.17) is 9.84 Å². The third kappa shape index (κ3) is 4.45. The van der Waals surface area contributed by atoms with Gasteiger partial charge in [-0.25, -0.2) is 14.6 Å². The van der Waals surface area contributed by atoms with Gasteiger partial charge in [-0.05, 0) is 13.3 Å². The molecule has 116 valence electrons. The van der Waals surface area contributed by atoms with Gasteiger partial charge in [-0.2, -0.15) is 0 Å². The Morgan fingerprint density at radius 3 is 2.95 bits per heavy atom. The highest BCUT2D eigenvalue weighted by Gasteiger charge is 2.26. The molecule has 4 N–H and O–H groups in total. The number of aromatic amines is 1. The second-order valence-corrected chi connectivity index (χ2v) is 5.20. The fourth-order valence-corrected chi connectivity index (χ4v) is 2.29. The minimum absolute atomic E-state index is 0.0610. The molecular weight excluding hydrogens is 276 g/mol. The molecule has 1 aromatic rings. The van der Waals surface area contributed by atoms with Gasteiger partial charge in [0.25, 0.3) is 0 Å². The van der Waals surface area contributed by atoms with Gasteiger partial charge in [-0.3, -0.25) is 0 Å². The molecule has 2 amide bonds. The summed E-state index contributed by atoms with van der Waals surface area (Å²) in [7, 11) is 0. The fourth-order valence-electron chi connectivity index (χ4n) is 2.29. The van der Waals surface area contributed by atoms with E-state index in [2.05, 4.69) is 20.6 Å². The first kappa shape index (κ1) is 15.3. The van der Waals surface area contributed by atoms with E-state index in [9.17, 15) is 9.59 Å². The number of hydrogen-bond acceptors (Lipinski definition) is 4. The molecule has 2 rings (SSSR count). The number of carboxylic acids is 1. The number of rotatable bonds is 6. The standard InChI is InChI=1S/C13H20N4O4/c1-8(9-2-3-21-6-9)16-13(20)17-11(12(18)19)4-10-5-14-7-15-10/h5,7-9,11H,2-4,6H2,1H3,(H,14,15)(H,18,19)(H2,16,17,20)/t8?,9?,11-/m1/s1. The van der Waals surface area contributed by atoms with Crippen LogP contribution >= 0.6 is 0 Å². The van der Waals surface area contributed by atoms with E-state index in [1.807, 2.05) is 6.92 Å². The van der Waals surface area contributed by atoms with Crippen LogP contribution in [0.4, 0.5) is 4.79 Å². The van der Waals surface area contributed by atoms with Gasteiger partial charge in [-0.15, -0.1) is 0 Å². The highest BCUT2D eigenvalue weighted by atomic mass is 16.5. The summed E-state index contributed by atoms with van der Waals surface area (Å²) >= 11 is 0. The van der Waals surface area contributed by atoms with Crippen LogP contribution in [-0.2, 0) is 16.0 Å². The van der Waals surface area contributed by atoms with E-state index in [0.29, 0.717) is 18.9 Å². The number of imidazole rings is 1. The Balaban J connectivity index is 1.84. The molecule has 3 atom stereocenters. The van der Waals surface area contributed by atoms with Gasteiger partial charge in [0, 0.05) is 36.9 Å². The lowest BCUT2D eigenvalue weighted by Gasteiger charge is -2.21. The van der Waals surface area contributed by atoms with Gasteiger partial charge in [0.2, 0.25) is 0 Å². The quantitative estimate of drug-likeness (QED) is 0.595. The average molecular weight is 296 g/mol. The van der Waals surface area contributed by atoms with Crippen LogP contribution in [-0.4, -0.2) is 52.4 Å². The number of carbonyl (C=O) groups excluding carboxylic acids is 1. The number of amides is 2. The molecular formula is C13H20N4O4. The maximum atomic E-state index is 11.9. The third-order valence-electron chi connectivity index (χ3n) is 3.61. The van der Waals surface area contributed by atoms with Gasteiger partial charge in [-0.1, -0.05) is 0 Å². The van der Waals surface area contributed by atoms with E-state index in [1.165, 1.54) is 12.5 Å². The molecule has 1 aromatic heterocycles. The topological polar surface area (TPSA) is 116 Å². The first-order valence-electron chi connectivity index (χ1n) is 6.91. The molecule has 1 saturated heterocycles. The maximum Gasteiger partial charge on any atom is 0.326 e. The average Bonchev–Trinajstić information content (AvgIpc) is 3.10. The van der Waals surface area contributed by atoms with Crippen molar-refractivity contribution in [3.8, 4) is 0 Å². The van der Waals surface area contributed by atoms with Crippen LogP contribution in [0.5, 0.6) is 0 Å². The Morgan fingerprint density at radius 1 is 1.57 bits per heavy atom. The van der Waals surface area contributed by atoms with Gasteiger partial charge in [0.15, 0.2) is 0 Å². The summed E-state index contributed by atoms with van der Waals surface area (Å²) in [5.74, 6) is -0.816. The van der Waals surface area contributed by atoms with Crippen molar-refractivity contribution in [1.82, 2.24) is 20.6 Å². The van der Waals surface area contributed by atoms with Crippen molar-refractivity contribution in [2.45, 2.75) is 31.8 Å². The molecule has 8 heteroatoms. The van der Waals surface area contributed by atoms with Crippen molar-refractivity contribution in [1.29, 1.82) is 0 Å². The Labute approximate surface area is 122 Å². The van der Waals surface area contributed by atoms with E-state index in [0.717, 1.165) is 6.42 Å². The van der Waals surface area contributed by atoms with Crippen LogP contribution < -0.4 is 10.6 Å². The van der Waals surface area contributed by atoms with E-state index in [1.54, 1.807) is 0 Å². The van der Waals surface area contributed by atoms with Crippen molar-refractivity contribution in [3.63, 3.8) is 0 Å². The van der Waals surface area contributed by atoms with Crippen molar-refractivity contribution in [3.05, 3.63) is 18.2 Å². The summed E-state index contributed by atoms with van der Waals surface area (Å²) < 4.78 is 5.27. The van der Waals surface area contributed by atoms with Crippen LogP contribution in [0, 0.1) is 5.92 Å². The lowest BCUT2D eigenvalue weighted by atomic mass is 10.0. The molecule has 0 spiro atoms. The van der Waals surface area contributed by atoms with Crippen LogP contribution in [0.15, 0.2) is 12.5 Å². The molecule has 0 radical (unpaired) electrons. The number of carbonyl (C=O) groups is 2. The normalized spacial score (nSPS) is 20.7. The molecule has 1 aliphatic heterocycles. The smallest absolute Gasteiger partial charge is 0.326 e. The zero-order chi connectivity index (χ0) is 15.2. The molecule has 0 aliphatic carbocycles. The van der Waals surface area contributed by atoms with Crippen LogP contribution in [0.2, 0.25) is 0 Å². The monoisotopic (exact) mass is 296 g/mol. The minimum atomic E-state index is -1.09. The van der Waals surface area contributed by atoms with Crippen molar-refractivity contribution >= 4 is 12.0 Å². The minimum Gasteiger partial charge on any atom is -0.480 e. The number of carboxylic acid groups (broad SMARTS) is 1. The molecule has 21 heavy (non-hydrogen) atoms. The maximum absolute atomic E-state index is 11.9. The van der Waals surface area contributed by atoms with E-state index < -0.39 is 18.0 Å². The second-order valence-electron chi connectivity index (χ2n) is 5.20. The number of nitrogens with one attached hydrogen (secondary N) is 3. The number of aliphatic carboxylic acids is 1. The molecule has 0 aromatic carbocycles. The number of urea groups is 1. The lowest BCUT2D eigenvalue weighted by Crippen LogP contribution is -2.50. The van der Waals surface area contributed by atoms with Gasteiger partial charge in [0.1, 0.15) is 6.04 Å². The predicted octanol–water partition coefficient (Wildman–Crippen LogP) is 0.130. The first-order valence-corrected chi connectivity index (χ1v) is 6.91. The summed E-state index contributed by atoms with van der Waals surface area (Å²) in [5.41, 5.74) is 0.653. The van der Waals surface area contributed by atoms with Gasteiger partial charge >= 0.3 is 12.0 Å². The van der Waals surface area contributed by atoms with Crippen LogP contribution in [0.1, 0.15) is 19.0 Å². The summed E-state index contributed by atoms with van der Waals surface area (Å²) in [6, 6.07) is -1.55. The van der Waals surface area contributed by atoms with Crippen molar-refractivity contribution in [2.75, 3.05) is 13.2 Å². The van der Waals surface area contributed by atoms with Crippen LogP contribution in [0.3, 0.4) is 0 Å². The molecule has 0 saturated carbocycles. The Bertz CT molecular complexity index is 471. The highest BCUT2D eigenvalue weighted by Crippen LogP contribution is 2.16. The molecule has 1 fully saturated rings. The van der Waals surface area contributed by atoms with Gasteiger partial charge < -0.3 is 25.5 Å². The first-order chi connectivity index (χ1) is 10.1. The van der Waals surface area contributed by atoms with E-state index >= 15 is 0 Å². The number of nitrogens with zero attached hydrogens (tertiary/aromatic N) is 1. The molecule has 8 nitrogen and oxygen atoms in total. The largest absolute Gasteiger partial charge is 0.480 e. The highest BCUT2D eigenvalue weighted by molar-refractivity contribution is 5.82. The Morgan fingerprint density at radius 2 is 2.38 bits per heavy atom. The zero-order valence-electron chi connectivity index (χ0n) is 11.8. The second kappa shape index (κ2) is 7.07. The molecule has 1 aliphatic rings. The fraction of sp³-hybridized carbons (Fsp3) is 0.615. The van der Waals surface area contributed by atoms with Gasteiger partial charge in [0.05, 0.1) is 12.9 Å². The van der Waals surface area contributed by atoms with Crippen molar-refractivity contribution in [2.24, 2.45) is 5.92 Å². The zero-order valence-corrected chi connectivity index (χ0v) is 11.8. The number of aromatic nitrogens is 2. The van der Waals surface area contributed by atoms with E-state index in [-0.39, 0.29) is 18.4 Å². The summed E-state index contributed by atoms with van der Waals surface area (Å²) in [4.78, 5) is 29.8. The summed E-state index contributed by atoms with van der Waals surface area (Å²) in [6.45, 7) is 3.22. The number of H-pyrrole nitrogens is 1. The molecule has 2 heterocycles. The molecule has 0 bridgehead atoms. The number of hydrogen-bond donors (Lipinski definition) is 4. The summed E-state index contributed by atoms with van der Waals surface area (Å²) in [6.07, 6.45) is 4.06. The third-order valence-corrected chi connectivity index (χ3v) is 3.61. The Hall–Kier alpha value is -2.09. The Kier molecular flexibility index (Phi) is 5.15.